The molecule has 1 rings (SSSR count). The average Bonchev–Trinajstić information content (AvgIpc) is 2.52. The fourth-order valence-electron chi connectivity index (χ4n) is 0.669. The van der Waals surface area contributed by atoms with E-state index in [0.29, 0.717) is 5.75 Å². The first-order chi connectivity index (χ1) is 5.34. The van der Waals surface area contributed by atoms with Gasteiger partial charge in [-0.3, -0.25) is 4.79 Å². The van der Waals surface area contributed by atoms with Gasteiger partial charge in [-0.15, -0.1) is 6.58 Å². The lowest BCUT2D eigenvalue weighted by Crippen LogP contribution is -1.90. The summed E-state index contributed by atoms with van der Waals surface area (Å²) in [6.07, 6.45) is 5.15. The molecule has 0 spiro atoms. The number of thioether (sulfide) groups is 1. The maximum Gasteiger partial charge on any atom is 0.221 e. The molecule has 11 heavy (non-hydrogen) atoms. The second-order valence-corrected chi connectivity index (χ2v) is 2.98. The first kappa shape index (κ1) is 8.14. The summed E-state index contributed by atoms with van der Waals surface area (Å²) in [7, 11) is 0. The molecule has 0 atom stereocenters. The molecular formula is C8H9NOS. The van der Waals surface area contributed by atoms with Crippen molar-refractivity contribution in [2.75, 3.05) is 5.75 Å². The Kier molecular flexibility index (Phi) is 2.98. The van der Waals surface area contributed by atoms with Crippen LogP contribution >= 0.6 is 11.8 Å². The van der Waals surface area contributed by atoms with E-state index in [9.17, 15) is 4.79 Å². The summed E-state index contributed by atoms with van der Waals surface area (Å²) in [6, 6.07) is 1.76. The predicted octanol–water partition coefficient (Wildman–Crippen LogP) is 2.07. The number of H-pyrrole nitrogens is 1. The van der Waals surface area contributed by atoms with E-state index in [1.165, 1.54) is 11.8 Å². The zero-order valence-corrected chi connectivity index (χ0v) is 6.86. The van der Waals surface area contributed by atoms with Gasteiger partial charge in [0.15, 0.2) is 0 Å². The van der Waals surface area contributed by atoms with E-state index in [1.54, 1.807) is 24.5 Å². The summed E-state index contributed by atoms with van der Waals surface area (Å²) >= 11 is 1.26. The normalized spacial score (nSPS) is 9.45. The Morgan fingerprint density at radius 3 is 3.18 bits per heavy atom. The van der Waals surface area contributed by atoms with E-state index in [-0.39, 0.29) is 5.12 Å². The van der Waals surface area contributed by atoms with Crippen molar-refractivity contribution in [3.63, 3.8) is 0 Å². The number of hydrogen-bond donors (Lipinski definition) is 1. The Morgan fingerprint density at radius 1 is 1.82 bits per heavy atom. The van der Waals surface area contributed by atoms with Gasteiger partial charge in [0.1, 0.15) is 0 Å². The first-order valence-electron chi connectivity index (χ1n) is 3.25. The van der Waals surface area contributed by atoms with Crippen LogP contribution in [0.3, 0.4) is 0 Å². The quantitative estimate of drug-likeness (QED) is 0.699. The summed E-state index contributed by atoms with van der Waals surface area (Å²) in [4.78, 5) is 14.0. The molecule has 0 amide bonds. The van der Waals surface area contributed by atoms with Gasteiger partial charge in [-0.2, -0.15) is 0 Å². The SMILES string of the molecule is C=CCSC(=O)c1cc[nH]c1. The molecule has 1 aromatic heterocycles. The van der Waals surface area contributed by atoms with Crippen molar-refractivity contribution in [3.05, 3.63) is 36.7 Å². The minimum Gasteiger partial charge on any atom is -0.367 e. The summed E-state index contributed by atoms with van der Waals surface area (Å²) < 4.78 is 0. The van der Waals surface area contributed by atoms with Crippen LogP contribution in [0.25, 0.3) is 0 Å². The highest BCUT2D eigenvalue weighted by molar-refractivity contribution is 8.14. The van der Waals surface area contributed by atoms with Crippen LogP contribution in [0.1, 0.15) is 10.4 Å². The van der Waals surface area contributed by atoms with Crippen molar-refractivity contribution in [2.45, 2.75) is 0 Å². The van der Waals surface area contributed by atoms with Gasteiger partial charge in [0.2, 0.25) is 5.12 Å². The Hall–Kier alpha value is -0.960. The number of nitrogens with one attached hydrogen (secondary N) is 1. The van der Waals surface area contributed by atoms with E-state index in [0.717, 1.165) is 5.56 Å². The third-order valence-corrected chi connectivity index (χ3v) is 2.07. The highest BCUT2D eigenvalue weighted by Crippen LogP contribution is 2.10. The molecule has 0 unspecified atom stereocenters. The molecule has 0 aliphatic heterocycles. The smallest absolute Gasteiger partial charge is 0.221 e. The van der Waals surface area contributed by atoms with Crippen LogP contribution in [0.5, 0.6) is 0 Å². The Bertz CT molecular complexity index is 241. The molecule has 0 bridgehead atoms. The molecule has 0 saturated heterocycles. The number of carbonyl (C=O) groups excluding carboxylic acids is 1. The van der Waals surface area contributed by atoms with Crippen LogP contribution in [0.4, 0.5) is 0 Å². The third kappa shape index (κ3) is 2.27. The van der Waals surface area contributed by atoms with Crippen LogP contribution in [0, 0.1) is 0 Å². The highest BCUT2D eigenvalue weighted by atomic mass is 32.2. The number of carbonyl (C=O) groups is 1. The monoisotopic (exact) mass is 167 g/mol. The van der Waals surface area contributed by atoms with Crippen molar-refractivity contribution in [3.8, 4) is 0 Å². The minimum absolute atomic E-state index is 0.0890. The van der Waals surface area contributed by atoms with Crippen molar-refractivity contribution in [2.24, 2.45) is 0 Å². The maximum absolute atomic E-state index is 11.2. The van der Waals surface area contributed by atoms with Crippen molar-refractivity contribution < 1.29 is 4.79 Å². The van der Waals surface area contributed by atoms with Gasteiger partial charge < -0.3 is 4.98 Å². The molecule has 2 nitrogen and oxygen atoms in total. The van der Waals surface area contributed by atoms with Gasteiger partial charge in [-0.1, -0.05) is 17.8 Å². The van der Waals surface area contributed by atoms with Gasteiger partial charge in [0.25, 0.3) is 0 Å². The van der Waals surface area contributed by atoms with Crippen LogP contribution in [0.15, 0.2) is 31.1 Å². The van der Waals surface area contributed by atoms with Gasteiger partial charge in [-0.05, 0) is 6.07 Å². The summed E-state index contributed by atoms with van der Waals surface area (Å²) in [5.74, 6) is 0.671. The van der Waals surface area contributed by atoms with Crippen LogP contribution in [-0.4, -0.2) is 15.9 Å². The number of aromatic amines is 1. The van der Waals surface area contributed by atoms with E-state index in [2.05, 4.69) is 11.6 Å². The topological polar surface area (TPSA) is 32.9 Å². The van der Waals surface area contributed by atoms with Crippen molar-refractivity contribution in [1.82, 2.24) is 4.98 Å². The zero-order valence-electron chi connectivity index (χ0n) is 6.04. The molecule has 3 heteroatoms. The molecule has 0 radical (unpaired) electrons. The molecular weight excluding hydrogens is 158 g/mol. The molecule has 0 aliphatic carbocycles. The van der Waals surface area contributed by atoms with E-state index >= 15 is 0 Å². The van der Waals surface area contributed by atoms with Crippen molar-refractivity contribution >= 4 is 16.9 Å². The second kappa shape index (κ2) is 4.03. The lowest BCUT2D eigenvalue weighted by Gasteiger charge is -1.91. The van der Waals surface area contributed by atoms with Crippen LogP contribution in [-0.2, 0) is 0 Å². The van der Waals surface area contributed by atoms with E-state index < -0.39 is 0 Å². The molecule has 1 N–H and O–H groups in total. The van der Waals surface area contributed by atoms with Crippen LogP contribution < -0.4 is 0 Å². The molecule has 58 valence electrons. The van der Waals surface area contributed by atoms with E-state index in [4.69, 9.17) is 0 Å². The van der Waals surface area contributed by atoms with E-state index in [1.807, 2.05) is 0 Å². The molecule has 1 heterocycles. The highest BCUT2D eigenvalue weighted by Gasteiger charge is 2.03. The minimum atomic E-state index is 0.0890. The maximum atomic E-state index is 11.2. The van der Waals surface area contributed by atoms with Gasteiger partial charge >= 0.3 is 0 Å². The van der Waals surface area contributed by atoms with Gasteiger partial charge in [0.05, 0.1) is 0 Å². The lowest BCUT2D eigenvalue weighted by atomic mass is 10.4. The van der Waals surface area contributed by atoms with Crippen LogP contribution in [0.2, 0.25) is 0 Å². The van der Waals surface area contributed by atoms with Crippen molar-refractivity contribution in [1.29, 1.82) is 0 Å². The summed E-state index contributed by atoms with van der Waals surface area (Å²) in [6.45, 7) is 3.53. The Morgan fingerprint density at radius 2 is 2.64 bits per heavy atom. The average molecular weight is 167 g/mol. The summed E-state index contributed by atoms with van der Waals surface area (Å²) in [5, 5.41) is 0.0890. The second-order valence-electron chi connectivity index (χ2n) is 1.99. The Balaban J connectivity index is 2.49. The number of hydrogen-bond acceptors (Lipinski definition) is 2. The molecule has 0 aliphatic rings. The first-order valence-corrected chi connectivity index (χ1v) is 4.24. The zero-order chi connectivity index (χ0) is 8.10. The Labute approximate surface area is 69.7 Å². The molecule has 1 aromatic rings. The molecule has 0 fully saturated rings. The third-order valence-electron chi connectivity index (χ3n) is 1.17. The fraction of sp³-hybridized carbons (Fsp3) is 0.125. The molecule has 0 saturated carbocycles. The number of aromatic nitrogens is 1. The van der Waals surface area contributed by atoms with Gasteiger partial charge in [0, 0.05) is 23.7 Å². The standard InChI is InChI=1S/C8H9NOS/c1-2-5-11-8(10)7-3-4-9-6-7/h2-4,6,9H,1,5H2. The molecule has 0 aromatic carbocycles. The lowest BCUT2D eigenvalue weighted by molar-refractivity contribution is 0.108. The fourth-order valence-corrected chi connectivity index (χ4v) is 1.23. The van der Waals surface area contributed by atoms with Gasteiger partial charge in [-0.25, -0.2) is 0 Å². The summed E-state index contributed by atoms with van der Waals surface area (Å²) in [5.41, 5.74) is 0.719. The largest absolute Gasteiger partial charge is 0.367 e. The number of rotatable bonds is 3. The predicted molar refractivity (Wildman–Crippen MR) is 47.8 cm³/mol.